The predicted octanol–water partition coefficient (Wildman–Crippen LogP) is 4.72. The molecular weight excluding hydrogens is 513 g/mol. The van der Waals surface area contributed by atoms with Crippen LogP contribution in [0.4, 0.5) is 10.1 Å². The number of hydrogen-bond donors (Lipinski definition) is 0. The lowest BCUT2D eigenvalue weighted by molar-refractivity contribution is 0.0740. The Balaban J connectivity index is 1.38. The van der Waals surface area contributed by atoms with Crippen molar-refractivity contribution in [2.45, 2.75) is 24.8 Å². The van der Waals surface area contributed by atoms with Gasteiger partial charge in [0.05, 0.1) is 11.4 Å². The number of benzene rings is 2. The average Bonchev–Trinajstić information content (AvgIpc) is 3.31. The molecule has 2 aromatic heterocycles. The summed E-state index contributed by atoms with van der Waals surface area (Å²) in [6.07, 6.45) is 0. The van der Waals surface area contributed by atoms with E-state index in [1.165, 1.54) is 23.9 Å². The highest BCUT2D eigenvalue weighted by atomic mass is 35.5. The van der Waals surface area contributed by atoms with E-state index in [1.54, 1.807) is 33.8 Å². The lowest BCUT2D eigenvalue weighted by Crippen LogP contribution is -2.49. The minimum atomic E-state index is -0.266. The molecule has 0 unspecified atom stereocenters. The maximum Gasteiger partial charge on any atom is 0.276 e. The molecule has 1 saturated heterocycles. The molecule has 2 aromatic carbocycles. The molecule has 37 heavy (non-hydrogen) atoms. The van der Waals surface area contributed by atoms with Crippen molar-refractivity contribution in [1.29, 1.82) is 0 Å². The van der Waals surface area contributed by atoms with Crippen molar-refractivity contribution in [2.24, 2.45) is 0 Å². The number of aryl methyl sites for hydroxylation is 2. The molecule has 0 spiro atoms. The summed E-state index contributed by atoms with van der Waals surface area (Å²) >= 11 is 7.52. The summed E-state index contributed by atoms with van der Waals surface area (Å²) in [7, 11) is 0. The molecule has 4 aromatic rings. The number of thioether (sulfide) groups is 1. The largest absolute Gasteiger partial charge is 0.368 e. The highest BCUT2D eigenvalue weighted by Gasteiger charge is 2.28. The number of anilines is 1. The topological polar surface area (TPSA) is 80.0 Å². The first kappa shape index (κ1) is 25.2. The van der Waals surface area contributed by atoms with Crippen molar-refractivity contribution >= 4 is 35.0 Å². The van der Waals surface area contributed by atoms with E-state index in [-0.39, 0.29) is 11.7 Å². The summed E-state index contributed by atoms with van der Waals surface area (Å²) < 4.78 is 15.0. The first-order chi connectivity index (χ1) is 17.9. The number of carbonyl (C=O) groups is 1. The van der Waals surface area contributed by atoms with Crippen molar-refractivity contribution in [2.75, 3.05) is 31.1 Å². The summed E-state index contributed by atoms with van der Waals surface area (Å²) in [6, 6.07) is 15.6. The molecule has 1 fully saturated rings. The van der Waals surface area contributed by atoms with Gasteiger partial charge in [0.2, 0.25) is 0 Å². The molecule has 0 radical (unpaired) electrons. The van der Waals surface area contributed by atoms with E-state index in [9.17, 15) is 9.18 Å². The second-order valence-electron chi connectivity index (χ2n) is 8.75. The number of aromatic nitrogens is 5. The van der Waals surface area contributed by atoms with Crippen LogP contribution in [-0.2, 0) is 5.75 Å². The zero-order valence-electron chi connectivity index (χ0n) is 20.4. The molecule has 0 atom stereocenters. The Labute approximate surface area is 223 Å². The number of piperazine rings is 1. The van der Waals surface area contributed by atoms with Crippen LogP contribution in [0.3, 0.4) is 0 Å². The molecule has 0 bridgehead atoms. The molecule has 1 amide bonds. The summed E-state index contributed by atoms with van der Waals surface area (Å²) in [5, 5.41) is 9.87. The normalized spacial score (nSPS) is 13.7. The monoisotopic (exact) mass is 537 g/mol. The van der Waals surface area contributed by atoms with Gasteiger partial charge in [0, 0.05) is 54.0 Å². The van der Waals surface area contributed by atoms with Gasteiger partial charge in [-0.1, -0.05) is 28.6 Å². The zero-order chi connectivity index (χ0) is 25.9. The fraction of sp³-hybridized carbons (Fsp3) is 0.269. The van der Waals surface area contributed by atoms with Crippen LogP contribution in [0.25, 0.3) is 5.69 Å². The van der Waals surface area contributed by atoms with Crippen LogP contribution in [0.15, 0.2) is 59.8 Å². The Bertz CT molecular complexity index is 1380. The third kappa shape index (κ3) is 5.75. The fourth-order valence-electron chi connectivity index (χ4n) is 4.25. The first-order valence-corrected chi connectivity index (χ1v) is 13.2. The molecule has 0 N–H and O–H groups in total. The maximum absolute atomic E-state index is 13.6. The number of rotatable bonds is 6. The Hall–Kier alpha value is -3.50. The van der Waals surface area contributed by atoms with E-state index in [2.05, 4.69) is 25.2 Å². The molecule has 11 heteroatoms. The van der Waals surface area contributed by atoms with Crippen molar-refractivity contribution in [3.8, 4) is 5.69 Å². The molecule has 190 valence electrons. The third-order valence-corrected chi connectivity index (χ3v) is 7.21. The van der Waals surface area contributed by atoms with Crippen LogP contribution in [0.1, 0.15) is 27.6 Å². The van der Waals surface area contributed by atoms with Gasteiger partial charge in [0.15, 0.2) is 10.9 Å². The SMILES string of the molecule is Cc1cc(C)nc(SCc2c(C(=O)N3CCN(c4ccc(F)cc4)CC3)nnn2-c2ccc(Cl)cc2)n1. The van der Waals surface area contributed by atoms with E-state index < -0.39 is 0 Å². The Kier molecular flexibility index (Phi) is 7.38. The van der Waals surface area contributed by atoms with E-state index >= 15 is 0 Å². The van der Waals surface area contributed by atoms with Crippen LogP contribution in [-0.4, -0.2) is 61.9 Å². The smallest absolute Gasteiger partial charge is 0.276 e. The number of amides is 1. The summed E-state index contributed by atoms with van der Waals surface area (Å²) in [6.45, 7) is 6.19. The van der Waals surface area contributed by atoms with E-state index in [0.717, 1.165) is 22.8 Å². The van der Waals surface area contributed by atoms with Gasteiger partial charge < -0.3 is 9.80 Å². The lowest BCUT2D eigenvalue weighted by Gasteiger charge is -2.35. The van der Waals surface area contributed by atoms with Crippen molar-refractivity contribution in [1.82, 2.24) is 29.9 Å². The molecule has 1 aliphatic heterocycles. The minimum absolute atomic E-state index is 0.170. The number of halogens is 2. The predicted molar refractivity (Wildman–Crippen MR) is 142 cm³/mol. The van der Waals surface area contributed by atoms with Gasteiger partial charge in [0.25, 0.3) is 5.91 Å². The summed E-state index contributed by atoms with van der Waals surface area (Å²) in [4.78, 5) is 26.6. The minimum Gasteiger partial charge on any atom is -0.368 e. The quantitative estimate of drug-likeness (QED) is 0.260. The van der Waals surface area contributed by atoms with Gasteiger partial charge in [-0.15, -0.1) is 5.10 Å². The maximum atomic E-state index is 13.6. The lowest BCUT2D eigenvalue weighted by atomic mass is 10.2. The molecule has 0 saturated carbocycles. The zero-order valence-corrected chi connectivity index (χ0v) is 22.0. The number of carbonyl (C=O) groups excluding carboxylic acids is 1. The summed E-state index contributed by atoms with van der Waals surface area (Å²) in [5.41, 5.74) is 4.44. The van der Waals surface area contributed by atoms with Crippen LogP contribution >= 0.6 is 23.4 Å². The molecular formula is C26H25ClFN7OS. The third-order valence-electron chi connectivity index (χ3n) is 6.10. The standard InChI is InChI=1S/C26H25ClFN7OS/c1-17-15-18(2)30-26(29-17)37-16-23-24(31-32-35(23)22-7-3-19(27)4-8-22)25(36)34-13-11-33(12-14-34)21-9-5-20(28)6-10-21/h3-10,15H,11-14,16H2,1-2H3. The highest BCUT2D eigenvalue weighted by Crippen LogP contribution is 2.26. The summed E-state index contributed by atoms with van der Waals surface area (Å²) in [5.74, 6) is -0.0244. The molecule has 1 aliphatic rings. The number of hydrogen-bond acceptors (Lipinski definition) is 7. The Morgan fingerprint density at radius 3 is 2.22 bits per heavy atom. The average molecular weight is 538 g/mol. The van der Waals surface area contributed by atoms with Gasteiger partial charge >= 0.3 is 0 Å². The number of nitrogens with zero attached hydrogens (tertiary/aromatic N) is 7. The van der Waals surface area contributed by atoms with Crippen molar-refractivity contribution in [3.63, 3.8) is 0 Å². The molecule has 3 heterocycles. The van der Waals surface area contributed by atoms with Gasteiger partial charge in [-0.3, -0.25) is 4.79 Å². The molecule has 5 rings (SSSR count). The van der Waals surface area contributed by atoms with Crippen molar-refractivity contribution in [3.05, 3.63) is 88.2 Å². The van der Waals surface area contributed by atoms with E-state index in [4.69, 9.17) is 11.6 Å². The second-order valence-corrected chi connectivity index (χ2v) is 10.1. The Morgan fingerprint density at radius 2 is 1.57 bits per heavy atom. The highest BCUT2D eigenvalue weighted by molar-refractivity contribution is 7.98. The van der Waals surface area contributed by atoms with E-state index in [1.807, 2.05) is 32.0 Å². The van der Waals surface area contributed by atoms with Crippen LogP contribution < -0.4 is 4.90 Å². The van der Waals surface area contributed by atoms with E-state index in [0.29, 0.717) is 53.5 Å². The van der Waals surface area contributed by atoms with Crippen LogP contribution in [0.2, 0.25) is 5.02 Å². The molecule has 8 nitrogen and oxygen atoms in total. The van der Waals surface area contributed by atoms with Gasteiger partial charge in [-0.2, -0.15) is 0 Å². The van der Waals surface area contributed by atoms with Gasteiger partial charge in [-0.05, 0) is 68.4 Å². The van der Waals surface area contributed by atoms with Gasteiger partial charge in [-0.25, -0.2) is 19.0 Å². The van der Waals surface area contributed by atoms with Gasteiger partial charge in [0.1, 0.15) is 5.82 Å². The van der Waals surface area contributed by atoms with Crippen LogP contribution in [0.5, 0.6) is 0 Å². The van der Waals surface area contributed by atoms with Crippen LogP contribution in [0, 0.1) is 19.7 Å². The Morgan fingerprint density at radius 1 is 0.946 bits per heavy atom. The fourth-order valence-corrected chi connectivity index (χ4v) is 5.32. The van der Waals surface area contributed by atoms with Crippen molar-refractivity contribution < 1.29 is 9.18 Å². The first-order valence-electron chi connectivity index (χ1n) is 11.8. The molecule has 0 aliphatic carbocycles. The second kappa shape index (κ2) is 10.9.